The van der Waals surface area contributed by atoms with Crippen molar-refractivity contribution < 1.29 is 4.79 Å². The first kappa shape index (κ1) is 11.9. The number of rotatable bonds is 1. The van der Waals surface area contributed by atoms with E-state index in [0.29, 0.717) is 23.2 Å². The van der Waals surface area contributed by atoms with Crippen LogP contribution in [0.15, 0.2) is 18.3 Å². The van der Waals surface area contributed by atoms with Crippen LogP contribution in [0.2, 0.25) is 0 Å². The van der Waals surface area contributed by atoms with Crippen LogP contribution in [0.1, 0.15) is 30.6 Å². The van der Waals surface area contributed by atoms with Gasteiger partial charge in [-0.05, 0) is 30.4 Å². The summed E-state index contributed by atoms with van der Waals surface area (Å²) in [6.07, 6.45) is 2.78. The standard InChI is InChI=1S/C13H19N3O/c1-9-5-10(2)8-16(7-9)13(17)11-3-4-15-12(14)6-11/h3-4,6,9-10H,5,7-8H2,1-2H3,(H2,14,15). The van der Waals surface area contributed by atoms with E-state index >= 15 is 0 Å². The molecule has 0 aliphatic carbocycles. The van der Waals surface area contributed by atoms with Gasteiger partial charge in [0.15, 0.2) is 0 Å². The predicted molar refractivity (Wildman–Crippen MR) is 67.5 cm³/mol. The highest BCUT2D eigenvalue weighted by Gasteiger charge is 2.26. The molecule has 2 unspecified atom stereocenters. The van der Waals surface area contributed by atoms with Crippen LogP contribution in [0.4, 0.5) is 5.82 Å². The highest BCUT2D eigenvalue weighted by molar-refractivity contribution is 5.94. The van der Waals surface area contributed by atoms with Crippen molar-refractivity contribution in [2.75, 3.05) is 18.8 Å². The lowest BCUT2D eigenvalue weighted by Gasteiger charge is -2.35. The molecule has 0 saturated carbocycles. The Morgan fingerprint density at radius 1 is 1.41 bits per heavy atom. The second-order valence-corrected chi connectivity index (χ2v) is 5.13. The van der Waals surface area contributed by atoms with Crippen molar-refractivity contribution in [2.24, 2.45) is 11.8 Å². The van der Waals surface area contributed by atoms with E-state index < -0.39 is 0 Å². The summed E-state index contributed by atoms with van der Waals surface area (Å²) in [6.45, 7) is 6.06. The molecule has 2 rings (SSSR count). The molecular formula is C13H19N3O. The number of amides is 1. The molecule has 0 radical (unpaired) electrons. The third kappa shape index (κ3) is 2.75. The van der Waals surface area contributed by atoms with Crippen LogP contribution in [-0.4, -0.2) is 28.9 Å². The van der Waals surface area contributed by atoms with E-state index in [-0.39, 0.29) is 5.91 Å². The number of likely N-dealkylation sites (tertiary alicyclic amines) is 1. The first-order valence-corrected chi connectivity index (χ1v) is 6.07. The Morgan fingerprint density at radius 3 is 2.65 bits per heavy atom. The number of pyridine rings is 1. The fourth-order valence-corrected chi connectivity index (χ4v) is 2.59. The van der Waals surface area contributed by atoms with E-state index in [1.807, 2.05) is 4.90 Å². The number of nitrogens with two attached hydrogens (primary N) is 1. The van der Waals surface area contributed by atoms with Crippen LogP contribution in [0.5, 0.6) is 0 Å². The Balaban J connectivity index is 2.14. The van der Waals surface area contributed by atoms with Crippen molar-refractivity contribution in [1.29, 1.82) is 0 Å². The molecule has 4 heteroatoms. The molecule has 0 bridgehead atoms. The van der Waals surface area contributed by atoms with E-state index in [2.05, 4.69) is 18.8 Å². The minimum absolute atomic E-state index is 0.0671. The molecule has 92 valence electrons. The van der Waals surface area contributed by atoms with Crippen LogP contribution in [0, 0.1) is 11.8 Å². The maximum absolute atomic E-state index is 12.3. The third-order valence-corrected chi connectivity index (χ3v) is 3.18. The summed E-state index contributed by atoms with van der Waals surface area (Å²) in [5.41, 5.74) is 6.24. The molecule has 4 nitrogen and oxygen atoms in total. The number of carbonyl (C=O) groups is 1. The molecule has 1 saturated heterocycles. The zero-order valence-electron chi connectivity index (χ0n) is 10.4. The maximum atomic E-state index is 12.3. The second kappa shape index (κ2) is 4.73. The highest BCUT2D eigenvalue weighted by atomic mass is 16.2. The average molecular weight is 233 g/mol. The molecule has 1 aromatic heterocycles. The fraction of sp³-hybridized carbons (Fsp3) is 0.538. The van der Waals surface area contributed by atoms with Gasteiger partial charge in [-0.2, -0.15) is 0 Å². The van der Waals surface area contributed by atoms with Gasteiger partial charge in [0.25, 0.3) is 5.91 Å². The van der Waals surface area contributed by atoms with E-state index in [1.54, 1.807) is 18.3 Å². The highest BCUT2D eigenvalue weighted by Crippen LogP contribution is 2.22. The smallest absolute Gasteiger partial charge is 0.254 e. The summed E-state index contributed by atoms with van der Waals surface area (Å²) in [4.78, 5) is 18.1. The molecular weight excluding hydrogens is 214 g/mol. The van der Waals surface area contributed by atoms with Gasteiger partial charge in [0.2, 0.25) is 0 Å². The van der Waals surface area contributed by atoms with Gasteiger partial charge in [-0.25, -0.2) is 4.98 Å². The van der Waals surface area contributed by atoms with Gasteiger partial charge in [0.1, 0.15) is 5.82 Å². The lowest BCUT2D eigenvalue weighted by Crippen LogP contribution is -2.42. The van der Waals surface area contributed by atoms with Crippen molar-refractivity contribution in [2.45, 2.75) is 20.3 Å². The van der Waals surface area contributed by atoms with E-state index in [4.69, 9.17) is 5.73 Å². The number of hydrogen-bond acceptors (Lipinski definition) is 3. The second-order valence-electron chi connectivity index (χ2n) is 5.13. The molecule has 1 aliphatic heterocycles. The van der Waals surface area contributed by atoms with Crippen LogP contribution in [0.25, 0.3) is 0 Å². The van der Waals surface area contributed by atoms with Gasteiger partial charge < -0.3 is 10.6 Å². The number of hydrogen-bond donors (Lipinski definition) is 1. The van der Waals surface area contributed by atoms with E-state index in [0.717, 1.165) is 13.1 Å². The first-order valence-electron chi connectivity index (χ1n) is 6.07. The predicted octanol–water partition coefficient (Wildman–Crippen LogP) is 1.78. The third-order valence-electron chi connectivity index (χ3n) is 3.18. The van der Waals surface area contributed by atoms with Gasteiger partial charge in [0.05, 0.1) is 0 Å². The number of anilines is 1. The normalized spacial score (nSPS) is 24.7. The largest absolute Gasteiger partial charge is 0.384 e. The van der Waals surface area contributed by atoms with Crippen LogP contribution >= 0.6 is 0 Å². The summed E-state index contributed by atoms with van der Waals surface area (Å²) in [7, 11) is 0. The zero-order chi connectivity index (χ0) is 12.4. The van der Waals surface area contributed by atoms with Gasteiger partial charge in [-0.3, -0.25) is 4.79 Å². The fourth-order valence-electron chi connectivity index (χ4n) is 2.59. The Kier molecular flexibility index (Phi) is 3.31. The summed E-state index contributed by atoms with van der Waals surface area (Å²) < 4.78 is 0. The summed E-state index contributed by atoms with van der Waals surface area (Å²) in [5.74, 6) is 1.61. The lowest BCUT2D eigenvalue weighted by atomic mass is 9.91. The molecule has 1 aromatic rings. The molecule has 1 amide bonds. The molecule has 17 heavy (non-hydrogen) atoms. The quantitative estimate of drug-likeness (QED) is 0.804. The Labute approximate surface area is 102 Å². The summed E-state index contributed by atoms with van der Waals surface area (Å²) in [6, 6.07) is 3.37. The molecule has 1 aliphatic rings. The minimum Gasteiger partial charge on any atom is -0.384 e. The number of nitrogens with zero attached hydrogens (tertiary/aromatic N) is 2. The SMILES string of the molecule is CC1CC(C)CN(C(=O)c2ccnc(N)c2)C1. The van der Waals surface area contributed by atoms with Gasteiger partial charge in [0, 0.05) is 24.8 Å². The van der Waals surface area contributed by atoms with Crippen molar-refractivity contribution in [1.82, 2.24) is 9.88 Å². The van der Waals surface area contributed by atoms with Crippen molar-refractivity contribution >= 4 is 11.7 Å². The van der Waals surface area contributed by atoms with Gasteiger partial charge in [-0.15, -0.1) is 0 Å². The Bertz CT molecular complexity index is 409. The average Bonchev–Trinajstić information content (AvgIpc) is 2.26. The van der Waals surface area contributed by atoms with Gasteiger partial charge in [-0.1, -0.05) is 13.8 Å². The molecule has 0 aromatic carbocycles. The first-order chi connectivity index (χ1) is 8.06. The van der Waals surface area contributed by atoms with Gasteiger partial charge >= 0.3 is 0 Å². The zero-order valence-corrected chi connectivity index (χ0v) is 10.4. The maximum Gasteiger partial charge on any atom is 0.254 e. The Hall–Kier alpha value is -1.58. The number of piperidine rings is 1. The number of aromatic nitrogens is 1. The summed E-state index contributed by atoms with van der Waals surface area (Å²) in [5, 5.41) is 0. The summed E-state index contributed by atoms with van der Waals surface area (Å²) >= 11 is 0. The van der Waals surface area contributed by atoms with E-state index in [1.165, 1.54) is 6.42 Å². The molecule has 2 N–H and O–H groups in total. The van der Waals surface area contributed by atoms with Crippen molar-refractivity contribution in [3.05, 3.63) is 23.9 Å². The molecule has 1 fully saturated rings. The molecule has 2 heterocycles. The molecule has 2 atom stereocenters. The monoisotopic (exact) mass is 233 g/mol. The van der Waals surface area contributed by atoms with Crippen LogP contribution in [0.3, 0.4) is 0 Å². The number of nitrogen functional groups attached to an aromatic ring is 1. The topological polar surface area (TPSA) is 59.2 Å². The lowest BCUT2D eigenvalue weighted by molar-refractivity contribution is 0.0623. The number of carbonyl (C=O) groups excluding carboxylic acids is 1. The van der Waals surface area contributed by atoms with Crippen LogP contribution in [-0.2, 0) is 0 Å². The Morgan fingerprint density at radius 2 is 2.06 bits per heavy atom. The van der Waals surface area contributed by atoms with Crippen LogP contribution < -0.4 is 5.73 Å². The minimum atomic E-state index is 0.0671. The molecule has 0 spiro atoms. The van der Waals surface area contributed by atoms with Crippen molar-refractivity contribution in [3.8, 4) is 0 Å². The van der Waals surface area contributed by atoms with Crippen molar-refractivity contribution in [3.63, 3.8) is 0 Å². The van der Waals surface area contributed by atoms with E-state index in [9.17, 15) is 4.79 Å².